The van der Waals surface area contributed by atoms with Crippen LogP contribution in [0.4, 0.5) is 5.69 Å². The van der Waals surface area contributed by atoms with Gasteiger partial charge in [-0.05, 0) is 37.5 Å². The lowest BCUT2D eigenvalue weighted by molar-refractivity contribution is -0.130. The maximum atomic E-state index is 12.5. The van der Waals surface area contributed by atoms with Crippen molar-refractivity contribution in [3.05, 3.63) is 28.8 Å². The fourth-order valence-electron chi connectivity index (χ4n) is 3.57. The predicted octanol–water partition coefficient (Wildman–Crippen LogP) is 3.77. The summed E-state index contributed by atoms with van der Waals surface area (Å²) in [6, 6.07) is 5.81. The van der Waals surface area contributed by atoms with Crippen LogP contribution < -0.4 is 5.32 Å². The zero-order valence-electron chi connectivity index (χ0n) is 13.5. The minimum Gasteiger partial charge on any atom is -0.339 e. The zero-order chi connectivity index (χ0) is 16.4. The first-order valence-corrected chi connectivity index (χ1v) is 8.79. The molecule has 0 radical (unpaired) electrons. The summed E-state index contributed by atoms with van der Waals surface area (Å²) >= 11 is 6.09. The van der Waals surface area contributed by atoms with E-state index in [0.29, 0.717) is 29.7 Å². The third kappa shape index (κ3) is 3.69. The van der Waals surface area contributed by atoms with Crippen LogP contribution in [0.5, 0.6) is 0 Å². The van der Waals surface area contributed by atoms with Crippen LogP contribution in [0, 0.1) is 12.8 Å². The molecule has 2 fully saturated rings. The molecular weight excluding hydrogens is 312 g/mol. The molecule has 1 aromatic carbocycles. The Morgan fingerprint density at radius 2 is 2.00 bits per heavy atom. The van der Waals surface area contributed by atoms with E-state index in [2.05, 4.69) is 5.32 Å². The molecule has 0 unspecified atom stereocenters. The molecule has 1 saturated heterocycles. The van der Waals surface area contributed by atoms with Crippen molar-refractivity contribution in [2.24, 2.45) is 5.92 Å². The highest BCUT2D eigenvalue weighted by Crippen LogP contribution is 2.29. The van der Waals surface area contributed by atoms with Gasteiger partial charge in [0.2, 0.25) is 11.8 Å². The van der Waals surface area contributed by atoms with Gasteiger partial charge >= 0.3 is 0 Å². The molecule has 1 saturated carbocycles. The van der Waals surface area contributed by atoms with Crippen LogP contribution in [0.1, 0.15) is 44.1 Å². The number of carbonyl (C=O) groups excluding carboxylic acids is 2. The number of rotatable bonds is 3. The molecule has 1 atom stereocenters. The largest absolute Gasteiger partial charge is 0.339 e. The fraction of sp³-hybridized carbons (Fsp3) is 0.556. The average Bonchev–Trinajstić information content (AvgIpc) is 2.94. The van der Waals surface area contributed by atoms with Crippen LogP contribution in [-0.4, -0.2) is 29.3 Å². The second-order valence-electron chi connectivity index (χ2n) is 6.69. The molecule has 5 heteroatoms. The number of carbonyl (C=O) groups is 2. The summed E-state index contributed by atoms with van der Waals surface area (Å²) in [5.74, 6) is -0.222. The Labute approximate surface area is 142 Å². The van der Waals surface area contributed by atoms with Crippen LogP contribution in [0.2, 0.25) is 5.02 Å². The first-order chi connectivity index (χ1) is 11.0. The lowest BCUT2D eigenvalue weighted by Gasteiger charge is -2.31. The number of halogens is 1. The molecule has 3 rings (SSSR count). The third-order valence-corrected chi connectivity index (χ3v) is 5.39. The van der Waals surface area contributed by atoms with Crippen molar-refractivity contribution >= 4 is 29.1 Å². The van der Waals surface area contributed by atoms with E-state index in [9.17, 15) is 9.59 Å². The van der Waals surface area contributed by atoms with Crippen molar-refractivity contribution in [2.45, 2.75) is 51.5 Å². The Morgan fingerprint density at radius 1 is 1.26 bits per heavy atom. The molecule has 0 spiro atoms. The number of likely N-dealkylation sites (tertiary alicyclic amines) is 1. The molecule has 2 aliphatic rings. The van der Waals surface area contributed by atoms with E-state index in [1.807, 2.05) is 24.0 Å². The third-order valence-electron chi connectivity index (χ3n) is 4.98. The van der Waals surface area contributed by atoms with Gasteiger partial charge in [-0.1, -0.05) is 36.9 Å². The second kappa shape index (κ2) is 6.91. The first-order valence-electron chi connectivity index (χ1n) is 8.41. The Balaban J connectivity index is 1.61. The van der Waals surface area contributed by atoms with Crippen molar-refractivity contribution in [2.75, 3.05) is 11.9 Å². The van der Waals surface area contributed by atoms with Gasteiger partial charge in [-0.15, -0.1) is 0 Å². The minimum absolute atomic E-state index is 0.0865. The summed E-state index contributed by atoms with van der Waals surface area (Å²) in [6.45, 7) is 2.47. The van der Waals surface area contributed by atoms with Gasteiger partial charge in [0.1, 0.15) is 0 Å². The van der Waals surface area contributed by atoms with E-state index < -0.39 is 0 Å². The molecule has 0 bridgehead atoms. The number of nitrogens with zero attached hydrogens (tertiary/aromatic N) is 1. The summed E-state index contributed by atoms with van der Waals surface area (Å²) in [5.41, 5.74) is 1.67. The summed E-state index contributed by atoms with van der Waals surface area (Å²) in [7, 11) is 0. The summed E-state index contributed by atoms with van der Waals surface area (Å²) in [5, 5.41) is 3.53. The van der Waals surface area contributed by atoms with Gasteiger partial charge in [0.05, 0.1) is 5.92 Å². The van der Waals surface area contributed by atoms with Gasteiger partial charge in [-0.3, -0.25) is 9.59 Å². The molecule has 4 nitrogen and oxygen atoms in total. The number of aryl methyl sites for hydroxylation is 1. The van der Waals surface area contributed by atoms with Gasteiger partial charge < -0.3 is 10.2 Å². The van der Waals surface area contributed by atoms with Crippen molar-refractivity contribution in [1.29, 1.82) is 0 Å². The Morgan fingerprint density at radius 3 is 2.70 bits per heavy atom. The molecular formula is C18H23ClN2O2. The first kappa shape index (κ1) is 16.3. The second-order valence-corrected chi connectivity index (χ2v) is 7.10. The SMILES string of the molecule is Cc1ccc(NC(=O)[C@@H]2CC(=O)N(C3CCCCC3)C2)cc1Cl. The molecule has 23 heavy (non-hydrogen) atoms. The number of hydrogen-bond donors (Lipinski definition) is 1. The van der Waals surface area contributed by atoms with E-state index in [-0.39, 0.29) is 17.7 Å². The number of nitrogens with one attached hydrogen (secondary N) is 1. The number of hydrogen-bond acceptors (Lipinski definition) is 2. The monoisotopic (exact) mass is 334 g/mol. The van der Waals surface area contributed by atoms with Crippen molar-refractivity contribution in [3.63, 3.8) is 0 Å². The van der Waals surface area contributed by atoms with Gasteiger partial charge in [0, 0.05) is 29.7 Å². The highest BCUT2D eigenvalue weighted by atomic mass is 35.5. The molecule has 1 heterocycles. The Bertz CT molecular complexity index is 611. The maximum absolute atomic E-state index is 12.5. The Kier molecular flexibility index (Phi) is 4.90. The van der Waals surface area contributed by atoms with E-state index in [1.165, 1.54) is 19.3 Å². The highest BCUT2D eigenvalue weighted by Gasteiger charge is 2.38. The topological polar surface area (TPSA) is 49.4 Å². The number of benzene rings is 1. The molecule has 1 aromatic rings. The van der Waals surface area contributed by atoms with E-state index >= 15 is 0 Å². The van der Waals surface area contributed by atoms with Crippen LogP contribution in [0.3, 0.4) is 0 Å². The van der Waals surface area contributed by atoms with E-state index in [4.69, 9.17) is 11.6 Å². The lowest BCUT2D eigenvalue weighted by Crippen LogP contribution is -2.38. The zero-order valence-corrected chi connectivity index (χ0v) is 14.2. The van der Waals surface area contributed by atoms with Crippen molar-refractivity contribution in [1.82, 2.24) is 4.90 Å². The standard InChI is InChI=1S/C18H23ClN2O2/c1-12-7-8-14(10-16(12)19)20-18(23)13-9-17(22)21(11-13)15-5-3-2-4-6-15/h7-8,10,13,15H,2-6,9,11H2,1H3,(H,20,23)/t13-/m1/s1. The summed E-state index contributed by atoms with van der Waals surface area (Å²) < 4.78 is 0. The van der Waals surface area contributed by atoms with E-state index in [1.54, 1.807) is 6.07 Å². The molecule has 0 aromatic heterocycles. The van der Waals surface area contributed by atoms with Crippen LogP contribution in [-0.2, 0) is 9.59 Å². The van der Waals surface area contributed by atoms with Crippen LogP contribution in [0.25, 0.3) is 0 Å². The smallest absolute Gasteiger partial charge is 0.229 e. The van der Waals surface area contributed by atoms with Crippen molar-refractivity contribution in [3.8, 4) is 0 Å². The van der Waals surface area contributed by atoms with Crippen LogP contribution >= 0.6 is 11.6 Å². The molecule has 2 amide bonds. The Hall–Kier alpha value is -1.55. The lowest BCUT2D eigenvalue weighted by atomic mass is 9.94. The van der Waals surface area contributed by atoms with Gasteiger partial charge in [-0.25, -0.2) is 0 Å². The average molecular weight is 335 g/mol. The molecule has 124 valence electrons. The summed E-state index contributed by atoms with van der Waals surface area (Å²) in [6.07, 6.45) is 6.11. The molecule has 1 N–H and O–H groups in total. The van der Waals surface area contributed by atoms with Gasteiger partial charge in [0.15, 0.2) is 0 Å². The van der Waals surface area contributed by atoms with Crippen LogP contribution in [0.15, 0.2) is 18.2 Å². The number of amides is 2. The fourth-order valence-corrected chi connectivity index (χ4v) is 3.75. The van der Waals surface area contributed by atoms with E-state index in [0.717, 1.165) is 18.4 Å². The number of anilines is 1. The van der Waals surface area contributed by atoms with Gasteiger partial charge in [-0.2, -0.15) is 0 Å². The highest BCUT2D eigenvalue weighted by molar-refractivity contribution is 6.31. The predicted molar refractivity (Wildman–Crippen MR) is 91.5 cm³/mol. The minimum atomic E-state index is -0.260. The maximum Gasteiger partial charge on any atom is 0.229 e. The van der Waals surface area contributed by atoms with Crippen molar-refractivity contribution < 1.29 is 9.59 Å². The normalized spacial score (nSPS) is 22.4. The molecule has 1 aliphatic heterocycles. The van der Waals surface area contributed by atoms with Gasteiger partial charge in [0.25, 0.3) is 0 Å². The quantitative estimate of drug-likeness (QED) is 0.914. The summed E-state index contributed by atoms with van der Waals surface area (Å²) in [4.78, 5) is 26.7. The molecule has 1 aliphatic carbocycles.